The van der Waals surface area contributed by atoms with Crippen molar-refractivity contribution >= 4 is 11.8 Å². The Labute approximate surface area is 192 Å². The molecule has 174 valence electrons. The van der Waals surface area contributed by atoms with E-state index in [1.807, 2.05) is 64.1 Å². The lowest BCUT2D eigenvalue weighted by molar-refractivity contribution is -0.126. The van der Waals surface area contributed by atoms with Gasteiger partial charge < -0.3 is 15.2 Å². The van der Waals surface area contributed by atoms with Crippen LogP contribution in [0.5, 0.6) is 0 Å². The zero-order valence-electron chi connectivity index (χ0n) is 19.4. The van der Waals surface area contributed by atoms with Gasteiger partial charge in [-0.1, -0.05) is 35.5 Å². The molecular weight excluding hydrogens is 420 g/mol. The van der Waals surface area contributed by atoms with Crippen LogP contribution in [0.25, 0.3) is 11.4 Å². The van der Waals surface area contributed by atoms with E-state index < -0.39 is 0 Å². The molecule has 9 heteroatoms. The molecule has 2 N–H and O–H groups in total. The lowest BCUT2D eigenvalue weighted by Gasteiger charge is -2.18. The molecule has 9 nitrogen and oxygen atoms in total. The van der Waals surface area contributed by atoms with Gasteiger partial charge in [-0.05, 0) is 46.6 Å². The minimum absolute atomic E-state index is 0.0203. The van der Waals surface area contributed by atoms with Crippen molar-refractivity contribution in [3.05, 3.63) is 53.7 Å². The number of benzene rings is 1. The number of nitrogens with zero attached hydrogens (tertiary/aromatic N) is 4. The molecule has 2 aromatic heterocycles. The number of carbonyl (C=O) groups is 2. The van der Waals surface area contributed by atoms with Gasteiger partial charge in [-0.25, -0.2) is 0 Å². The van der Waals surface area contributed by atoms with Crippen molar-refractivity contribution in [3.8, 4) is 11.4 Å². The van der Waals surface area contributed by atoms with E-state index in [-0.39, 0.29) is 42.3 Å². The predicted molar refractivity (Wildman–Crippen MR) is 122 cm³/mol. The molecule has 2 heterocycles. The molecule has 33 heavy (non-hydrogen) atoms. The number of hydrogen-bond donors (Lipinski definition) is 2. The molecule has 0 saturated heterocycles. The maximum atomic E-state index is 12.8. The second kappa shape index (κ2) is 9.56. The van der Waals surface area contributed by atoms with E-state index in [0.29, 0.717) is 24.6 Å². The van der Waals surface area contributed by atoms with Gasteiger partial charge in [0.1, 0.15) is 6.54 Å². The van der Waals surface area contributed by atoms with Gasteiger partial charge in [0.05, 0.1) is 11.6 Å². The predicted octanol–water partition coefficient (Wildman–Crippen LogP) is 2.75. The zero-order valence-corrected chi connectivity index (χ0v) is 19.4. The summed E-state index contributed by atoms with van der Waals surface area (Å²) in [5.41, 5.74) is 2.64. The summed E-state index contributed by atoms with van der Waals surface area (Å²) < 4.78 is 7.28. The highest BCUT2D eigenvalue weighted by Gasteiger charge is 2.42. The summed E-state index contributed by atoms with van der Waals surface area (Å²) >= 11 is 0. The van der Waals surface area contributed by atoms with E-state index in [1.165, 1.54) is 0 Å². The van der Waals surface area contributed by atoms with Crippen molar-refractivity contribution in [2.75, 3.05) is 0 Å². The average Bonchev–Trinajstić information content (AvgIpc) is 3.47. The Morgan fingerprint density at radius 3 is 2.61 bits per heavy atom. The number of aryl methyl sites for hydroxylation is 2. The molecule has 0 radical (unpaired) electrons. The van der Waals surface area contributed by atoms with Crippen LogP contribution in [0.1, 0.15) is 49.9 Å². The van der Waals surface area contributed by atoms with Crippen molar-refractivity contribution in [1.82, 2.24) is 30.6 Å². The Balaban J connectivity index is 1.53. The Hall–Kier alpha value is -3.49. The Morgan fingerprint density at radius 2 is 1.94 bits per heavy atom. The monoisotopic (exact) mass is 450 g/mol. The highest BCUT2D eigenvalue weighted by molar-refractivity contribution is 5.80. The fourth-order valence-corrected chi connectivity index (χ4v) is 4.40. The van der Waals surface area contributed by atoms with Crippen LogP contribution in [0, 0.1) is 19.8 Å². The molecular formula is C24H30N6O3. The lowest BCUT2D eigenvalue weighted by atomic mass is 10.0. The molecule has 1 aliphatic rings. The third-order valence-corrected chi connectivity index (χ3v) is 5.90. The standard InChI is InChI=1S/C24H30N6O3/c1-14(2)25-23(32)18-11-19(24-27-22(29-33-24)17-8-6-5-7-9-17)20(12-18)26-21(31)13-30-16(4)10-15(3)28-30/h5-10,14,18-20H,11-13H2,1-4H3,(H,25,32)(H,26,31)/t18-,19-,20+/m1/s1. The van der Waals surface area contributed by atoms with E-state index in [4.69, 9.17) is 4.52 Å². The quantitative estimate of drug-likeness (QED) is 0.572. The van der Waals surface area contributed by atoms with Crippen molar-refractivity contribution in [3.63, 3.8) is 0 Å². The van der Waals surface area contributed by atoms with Crippen molar-refractivity contribution in [1.29, 1.82) is 0 Å². The zero-order chi connectivity index (χ0) is 23.5. The molecule has 0 spiro atoms. The maximum absolute atomic E-state index is 12.8. The molecule has 1 fully saturated rings. The molecule has 1 aliphatic carbocycles. The Kier molecular flexibility index (Phi) is 6.57. The largest absolute Gasteiger partial charge is 0.354 e. The highest BCUT2D eigenvalue weighted by Crippen LogP contribution is 2.39. The fraction of sp³-hybridized carbons (Fsp3) is 0.458. The topological polar surface area (TPSA) is 115 Å². The summed E-state index contributed by atoms with van der Waals surface area (Å²) in [7, 11) is 0. The van der Waals surface area contributed by atoms with E-state index in [0.717, 1.165) is 17.0 Å². The van der Waals surface area contributed by atoms with Crippen molar-refractivity contribution in [2.45, 2.75) is 65.1 Å². The smallest absolute Gasteiger partial charge is 0.241 e. The van der Waals surface area contributed by atoms with Gasteiger partial charge in [0.2, 0.25) is 23.5 Å². The van der Waals surface area contributed by atoms with E-state index in [2.05, 4.69) is 25.9 Å². The molecule has 0 aliphatic heterocycles. The van der Waals surface area contributed by atoms with Crippen LogP contribution < -0.4 is 10.6 Å². The molecule has 3 atom stereocenters. The summed E-state index contributed by atoms with van der Waals surface area (Å²) in [6.07, 6.45) is 1.04. The van der Waals surface area contributed by atoms with E-state index in [1.54, 1.807) is 4.68 Å². The SMILES string of the molecule is Cc1cc(C)n(CC(=O)N[C@H]2C[C@H](C(=O)NC(C)C)C[C@H]2c2nc(-c3ccccc3)no2)n1. The highest BCUT2D eigenvalue weighted by atomic mass is 16.5. The van der Waals surface area contributed by atoms with Gasteiger partial charge in [-0.15, -0.1) is 0 Å². The van der Waals surface area contributed by atoms with Gasteiger partial charge in [-0.3, -0.25) is 14.3 Å². The normalized spacial score (nSPS) is 20.2. The van der Waals surface area contributed by atoms with Crippen LogP contribution in [0.15, 0.2) is 40.9 Å². The third-order valence-electron chi connectivity index (χ3n) is 5.90. The molecule has 0 bridgehead atoms. The van der Waals surface area contributed by atoms with E-state index >= 15 is 0 Å². The molecule has 0 unspecified atom stereocenters. The molecule has 3 aromatic rings. The van der Waals surface area contributed by atoms with E-state index in [9.17, 15) is 9.59 Å². The summed E-state index contributed by atoms with van der Waals surface area (Å²) in [5, 5.41) is 14.6. The van der Waals surface area contributed by atoms with Crippen LogP contribution in [0.4, 0.5) is 0 Å². The summed E-state index contributed by atoms with van der Waals surface area (Å²) in [4.78, 5) is 30.2. The number of aromatic nitrogens is 4. The van der Waals surface area contributed by atoms with Crippen LogP contribution in [0.3, 0.4) is 0 Å². The minimum atomic E-state index is -0.290. The molecule has 4 rings (SSSR count). The maximum Gasteiger partial charge on any atom is 0.241 e. The Bertz CT molecular complexity index is 1120. The summed E-state index contributed by atoms with van der Waals surface area (Å²) in [5.74, 6) is 0.251. The lowest BCUT2D eigenvalue weighted by Crippen LogP contribution is -2.39. The third kappa shape index (κ3) is 5.30. The Morgan fingerprint density at radius 1 is 1.18 bits per heavy atom. The number of nitrogens with one attached hydrogen (secondary N) is 2. The number of carbonyl (C=O) groups excluding carboxylic acids is 2. The minimum Gasteiger partial charge on any atom is -0.354 e. The average molecular weight is 451 g/mol. The first-order valence-corrected chi connectivity index (χ1v) is 11.3. The number of rotatable bonds is 7. The fourth-order valence-electron chi connectivity index (χ4n) is 4.40. The van der Waals surface area contributed by atoms with Gasteiger partial charge >= 0.3 is 0 Å². The van der Waals surface area contributed by atoms with Crippen molar-refractivity contribution < 1.29 is 14.1 Å². The molecule has 1 aromatic carbocycles. The molecule has 1 saturated carbocycles. The summed E-state index contributed by atoms with van der Waals surface area (Å²) in [6.45, 7) is 7.79. The van der Waals surface area contributed by atoms with Gasteiger partial charge in [-0.2, -0.15) is 10.1 Å². The van der Waals surface area contributed by atoms with Crippen LogP contribution in [-0.2, 0) is 16.1 Å². The first-order chi connectivity index (χ1) is 15.8. The number of hydrogen-bond acceptors (Lipinski definition) is 6. The van der Waals surface area contributed by atoms with Crippen LogP contribution in [-0.4, -0.2) is 43.8 Å². The first-order valence-electron chi connectivity index (χ1n) is 11.3. The van der Waals surface area contributed by atoms with Crippen LogP contribution >= 0.6 is 0 Å². The second-order valence-electron chi connectivity index (χ2n) is 9.02. The van der Waals surface area contributed by atoms with Gasteiger partial charge in [0, 0.05) is 29.3 Å². The molecule has 2 amide bonds. The summed E-state index contributed by atoms with van der Waals surface area (Å²) in [6, 6.07) is 11.3. The van der Waals surface area contributed by atoms with Crippen molar-refractivity contribution in [2.24, 2.45) is 5.92 Å². The first kappa shape index (κ1) is 22.7. The van der Waals surface area contributed by atoms with Gasteiger partial charge in [0.15, 0.2) is 0 Å². The second-order valence-corrected chi connectivity index (χ2v) is 9.02. The van der Waals surface area contributed by atoms with Gasteiger partial charge in [0.25, 0.3) is 0 Å². The number of amides is 2. The van der Waals surface area contributed by atoms with Crippen LogP contribution in [0.2, 0.25) is 0 Å².